The van der Waals surface area contributed by atoms with Crippen LogP contribution in [0, 0.1) is 5.92 Å². The number of amides is 1. The smallest absolute Gasteiger partial charge is 0.329 e. The zero-order valence-electron chi connectivity index (χ0n) is 14.8. The molecule has 1 heterocycles. The topological polar surface area (TPSA) is 121 Å². The second-order valence-corrected chi connectivity index (χ2v) is 6.58. The fraction of sp³-hybridized carbons (Fsp3) is 0.444. The number of fused-ring (bicyclic) bond motifs is 1. The van der Waals surface area contributed by atoms with Gasteiger partial charge in [0.15, 0.2) is 0 Å². The molecule has 0 aliphatic rings. The Morgan fingerprint density at radius 1 is 1.23 bits per heavy atom. The number of carboxylic acid groups (broad SMARTS) is 1. The molecule has 1 aromatic carbocycles. The van der Waals surface area contributed by atoms with Crippen LogP contribution in [0.15, 0.2) is 33.9 Å². The van der Waals surface area contributed by atoms with Gasteiger partial charge in [0.05, 0.1) is 10.9 Å². The first-order valence-corrected chi connectivity index (χ1v) is 8.54. The number of nitrogens with one attached hydrogen (secondary N) is 2. The molecule has 8 heteroatoms. The Kier molecular flexibility index (Phi) is 6.32. The van der Waals surface area contributed by atoms with Gasteiger partial charge in [0.25, 0.3) is 5.56 Å². The summed E-state index contributed by atoms with van der Waals surface area (Å²) < 4.78 is 0.953. The molecule has 0 spiro atoms. The molecule has 2 rings (SSSR count). The lowest BCUT2D eigenvalue weighted by atomic mass is 10.0. The van der Waals surface area contributed by atoms with Crippen LogP contribution in [0.5, 0.6) is 0 Å². The van der Waals surface area contributed by atoms with Gasteiger partial charge in [0, 0.05) is 13.0 Å². The average molecular weight is 361 g/mol. The molecule has 0 radical (unpaired) electrons. The number of carbonyl (C=O) groups is 2. The highest BCUT2D eigenvalue weighted by Crippen LogP contribution is 2.16. The van der Waals surface area contributed by atoms with E-state index in [0.29, 0.717) is 17.3 Å². The summed E-state index contributed by atoms with van der Waals surface area (Å²) in [6.45, 7) is 3.95. The first-order valence-electron chi connectivity index (χ1n) is 8.54. The number of aliphatic carboxylic acids is 1. The van der Waals surface area contributed by atoms with Crippen LogP contribution < -0.4 is 16.6 Å². The molecule has 1 unspecified atom stereocenters. The second kappa shape index (κ2) is 8.46. The highest BCUT2D eigenvalue weighted by Gasteiger charge is 2.25. The van der Waals surface area contributed by atoms with Crippen molar-refractivity contribution in [3.05, 3.63) is 45.1 Å². The van der Waals surface area contributed by atoms with Crippen LogP contribution in [-0.2, 0) is 9.59 Å². The van der Waals surface area contributed by atoms with Crippen molar-refractivity contribution in [2.75, 3.05) is 6.54 Å². The van der Waals surface area contributed by atoms with Crippen molar-refractivity contribution >= 4 is 22.8 Å². The highest BCUT2D eigenvalue weighted by molar-refractivity contribution is 5.81. The maximum atomic E-state index is 12.8. The van der Waals surface area contributed by atoms with E-state index in [2.05, 4.69) is 10.3 Å². The maximum absolute atomic E-state index is 12.8. The largest absolute Gasteiger partial charge is 0.481 e. The summed E-state index contributed by atoms with van der Waals surface area (Å²) in [5.74, 6) is -1.34. The molecule has 1 atom stereocenters. The molecular weight excluding hydrogens is 338 g/mol. The van der Waals surface area contributed by atoms with E-state index in [0.717, 1.165) is 4.57 Å². The third-order valence-corrected chi connectivity index (χ3v) is 4.01. The summed E-state index contributed by atoms with van der Waals surface area (Å²) in [6.07, 6.45) is 0.524. The lowest BCUT2D eigenvalue weighted by molar-refractivity contribution is -0.137. The molecule has 3 N–H and O–H groups in total. The minimum absolute atomic E-state index is 0.0639. The summed E-state index contributed by atoms with van der Waals surface area (Å²) in [7, 11) is 0. The van der Waals surface area contributed by atoms with Crippen LogP contribution in [0.25, 0.3) is 10.9 Å². The van der Waals surface area contributed by atoms with Gasteiger partial charge < -0.3 is 15.4 Å². The van der Waals surface area contributed by atoms with E-state index < -0.39 is 29.2 Å². The Hall–Kier alpha value is -2.90. The van der Waals surface area contributed by atoms with Gasteiger partial charge >= 0.3 is 11.7 Å². The van der Waals surface area contributed by atoms with Gasteiger partial charge in [-0.3, -0.25) is 14.4 Å². The zero-order chi connectivity index (χ0) is 19.3. The van der Waals surface area contributed by atoms with Gasteiger partial charge in [0.2, 0.25) is 5.91 Å². The van der Waals surface area contributed by atoms with Crippen molar-refractivity contribution in [3.8, 4) is 0 Å². The van der Waals surface area contributed by atoms with Crippen LogP contribution in [0.3, 0.4) is 0 Å². The summed E-state index contributed by atoms with van der Waals surface area (Å²) >= 11 is 0. The number of rotatable bonds is 8. The van der Waals surface area contributed by atoms with Crippen molar-refractivity contribution in [2.24, 2.45) is 5.92 Å². The highest BCUT2D eigenvalue weighted by atomic mass is 16.4. The second-order valence-electron chi connectivity index (χ2n) is 6.58. The van der Waals surface area contributed by atoms with E-state index in [9.17, 15) is 19.2 Å². The number of hydrogen-bond acceptors (Lipinski definition) is 4. The molecule has 0 aliphatic heterocycles. The van der Waals surface area contributed by atoms with Crippen molar-refractivity contribution in [3.63, 3.8) is 0 Å². The zero-order valence-corrected chi connectivity index (χ0v) is 14.8. The molecule has 0 fully saturated rings. The average Bonchev–Trinajstić information content (AvgIpc) is 2.57. The number of carboxylic acids is 1. The number of nitrogens with zero attached hydrogens (tertiary/aromatic N) is 1. The fourth-order valence-corrected chi connectivity index (χ4v) is 2.80. The molecule has 8 nitrogen and oxygen atoms in total. The minimum Gasteiger partial charge on any atom is -0.481 e. The van der Waals surface area contributed by atoms with E-state index in [1.165, 1.54) is 0 Å². The van der Waals surface area contributed by atoms with E-state index in [1.54, 1.807) is 24.3 Å². The Morgan fingerprint density at radius 3 is 2.58 bits per heavy atom. The number of aromatic nitrogens is 2. The third kappa shape index (κ3) is 4.59. The number of H-pyrrole nitrogens is 1. The molecule has 26 heavy (non-hydrogen) atoms. The molecular formula is C18H23N3O5. The monoisotopic (exact) mass is 361 g/mol. The summed E-state index contributed by atoms with van der Waals surface area (Å²) in [5.41, 5.74) is -0.736. The van der Waals surface area contributed by atoms with E-state index in [-0.39, 0.29) is 25.3 Å². The van der Waals surface area contributed by atoms with Gasteiger partial charge in [-0.15, -0.1) is 0 Å². The predicted molar refractivity (Wildman–Crippen MR) is 97.2 cm³/mol. The predicted octanol–water partition coefficient (Wildman–Crippen LogP) is 1.26. The van der Waals surface area contributed by atoms with Gasteiger partial charge in [0.1, 0.15) is 6.04 Å². The Labute approximate surface area is 149 Å². The Morgan fingerprint density at radius 2 is 1.92 bits per heavy atom. The van der Waals surface area contributed by atoms with Gasteiger partial charge in [-0.1, -0.05) is 26.0 Å². The first-order chi connectivity index (χ1) is 12.3. The van der Waals surface area contributed by atoms with Crippen molar-refractivity contribution < 1.29 is 14.7 Å². The first kappa shape index (κ1) is 19.4. The van der Waals surface area contributed by atoms with E-state index in [1.807, 2.05) is 13.8 Å². The summed E-state index contributed by atoms with van der Waals surface area (Å²) in [5, 5.41) is 11.6. The molecule has 0 aliphatic carbocycles. The minimum atomic E-state index is -0.958. The molecule has 140 valence electrons. The number of benzene rings is 1. The normalized spacial score (nSPS) is 12.3. The summed E-state index contributed by atoms with van der Waals surface area (Å²) in [6, 6.07) is 5.67. The van der Waals surface area contributed by atoms with Gasteiger partial charge in [-0.25, -0.2) is 9.36 Å². The quantitative estimate of drug-likeness (QED) is 0.611. The van der Waals surface area contributed by atoms with E-state index in [4.69, 9.17) is 5.11 Å². The number of para-hydroxylation sites is 1. The van der Waals surface area contributed by atoms with Gasteiger partial charge in [-0.05, 0) is 30.9 Å². The lowest BCUT2D eigenvalue weighted by Crippen LogP contribution is -2.45. The van der Waals surface area contributed by atoms with Crippen LogP contribution in [0.2, 0.25) is 0 Å². The number of aromatic amines is 1. The molecule has 0 saturated carbocycles. The van der Waals surface area contributed by atoms with Crippen molar-refractivity contribution in [1.82, 2.24) is 14.9 Å². The molecule has 0 bridgehead atoms. The third-order valence-electron chi connectivity index (χ3n) is 4.01. The molecule has 1 aromatic heterocycles. The maximum Gasteiger partial charge on any atom is 0.329 e. The van der Waals surface area contributed by atoms with Crippen LogP contribution >= 0.6 is 0 Å². The van der Waals surface area contributed by atoms with Crippen LogP contribution in [-0.4, -0.2) is 33.1 Å². The van der Waals surface area contributed by atoms with Crippen LogP contribution in [0.1, 0.15) is 39.2 Å². The van der Waals surface area contributed by atoms with Crippen LogP contribution in [0.4, 0.5) is 0 Å². The molecule has 1 amide bonds. The Bertz CT molecular complexity index is 913. The molecule has 2 aromatic rings. The van der Waals surface area contributed by atoms with E-state index >= 15 is 0 Å². The number of carbonyl (C=O) groups excluding carboxylic acids is 1. The Balaban J connectivity index is 2.36. The standard InChI is InChI=1S/C18H23N3O5/c1-11(2)10-14(16(24)19-9-5-8-15(22)23)21-17(25)12-6-3-4-7-13(12)20-18(21)26/h3-4,6-7,11,14H,5,8-10H2,1-2H3,(H,19,24)(H,20,26)(H,22,23). The fourth-order valence-electron chi connectivity index (χ4n) is 2.80. The lowest BCUT2D eigenvalue weighted by Gasteiger charge is -2.20. The molecule has 0 saturated heterocycles. The summed E-state index contributed by atoms with van der Waals surface area (Å²) in [4.78, 5) is 51.0. The van der Waals surface area contributed by atoms with Crippen molar-refractivity contribution in [1.29, 1.82) is 0 Å². The number of hydrogen-bond donors (Lipinski definition) is 3. The van der Waals surface area contributed by atoms with Crippen molar-refractivity contribution in [2.45, 2.75) is 39.2 Å². The van der Waals surface area contributed by atoms with Gasteiger partial charge in [-0.2, -0.15) is 0 Å². The SMILES string of the molecule is CC(C)CC(C(=O)NCCCC(=O)O)n1c(=O)[nH]c2ccccc2c1=O.